The van der Waals surface area contributed by atoms with E-state index >= 15 is 0 Å². The zero-order chi connectivity index (χ0) is 17.5. The van der Waals surface area contributed by atoms with E-state index in [0.29, 0.717) is 11.9 Å². The van der Waals surface area contributed by atoms with Gasteiger partial charge in [-0.1, -0.05) is 6.92 Å². The van der Waals surface area contributed by atoms with Gasteiger partial charge < -0.3 is 20.1 Å². The molecular weight excluding hydrogens is 317 g/mol. The van der Waals surface area contributed by atoms with Gasteiger partial charge in [-0.2, -0.15) is 13.2 Å². The molecule has 0 amide bonds. The van der Waals surface area contributed by atoms with Crippen LogP contribution in [0.2, 0.25) is 0 Å². The molecule has 7 nitrogen and oxygen atoms in total. The minimum Gasteiger partial charge on any atom is -0.481 e. The van der Waals surface area contributed by atoms with Crippen LogP contribution < -0.4 is 15.0 Å². The Bertz CT molecular complexity index is 513. The van der Waals surface area contributed by atoms with Crippen molar-refractivity contribution < 1.29 is 27.8 Å². The molecule has 2 N–H and O–H groups in total. The largest absolute Gasteiger partial charge is 0.490 e. The van der Waals surface area contributed by atoms with Crippen LogP contribution in [0, 0.1) is 0 Å². The lowest BCUT2D eigenvalue weighted by atomic mass is 10.1. The number of aliphatic carboxylic acids is 1. The lowest BCUT2D eigenvalue weighted by Gasteiger charge is -2.34. The fourth-order valence-corrected chi connectivity index (χ4v) is 1.92. The van der Waals surface area contributed by atoms with E-state index in [9.17, 15) is 13.2 Å². The van der Waals surface area contributed by atoms with Crippen molar-refractivity contribution in [2.24, 2.45) is 0 Å². The summed E-state index contributed by atoms with van der Waals surface area (Å²) in [7, 11) is 1.62. The van der Waals surface area contributed by atoms with Crippen molar-refractivity contribution in [1.82, 2.24) is 15.3 Å². The third-order valence-corrected chi connectivity index (χ3v) is 3.15. The highest BCUT2D eigenvalue weighted by molar-refractivity contribution is 5.73. The van der Waals surface area contributed by atoms with Gasteiger partial charge in [-0.15, -0.1) is 0 Å². The zero-order valence-electron chi connectivity index (χ0n) is 12.8. The van der Waals surface area contributed by atoms with E-state index in [1.54, 1.807) is 13.4 Å². The summed E-state index contributed by atoms with van der Waals surface area (Å²) >= 11 is 0. The number of methoxy groups -OCH3 is 1. The van der Waals surface area contributed by atoms with Crippen molar-refractivity contribution in [3.05, 3.63) is 12.4 Å². The van der Waals surface area contributed by atoms with Gasteiger partial charge >= 0.3 is 12.1 Å². The predicted molar refractivity (Wildman–Crippen MR) is 76.6 cm³/mol. The molecule has 1 atom stereocenters. The van der Waals surface area contributed by atoms with Crippen LogP contribution in [0.4, 0.5) is 19.0 Å². The van der Waals surface area contributed by atoms with Crippen molar-refractivity contribution in [1.29, 1.82) is 0 Å². The molecule has 1 aliphatic rings. The van der Waals surface area contributed by atoms with Gasteiger partial charge in [0.15, 0.2) is 0 Å². The van der Waals surface area contributed by atoms with E-state index in [0.717, 1.165) is 31.9 Å². The van der Waals surface area contributed by atoms with Crippen LogP contribution in [0.5, 0.6) is 5.88 Å². The summed E-state index contributed by atoms with van der Waals surface area (Å²) in [5.41, 5.74) is 0. The number of rotatable bonds is 3. The highest BCUT2D eigenvalue weighted by atomic mass is 19.4. The summed E-state index contributed by atoms with van der Waals surface area (Å²) in [5.74, 6) is -1.18. The number of carbonyl (C=O) groups is 1. The Morgan fingerprint density at radius 1 is 1.52 bits per heavy atom. The van der Waals surface area contributed by atoms with Crippen LogP contribution in [0.15, 0.2) is 12.4 Å². The summed E-state index contributed by atoms with van der Waals surface area (Å²) in [5, 5.41) is 10.6. The second kappa shape index (κ2) is 8.51. The number of carboxylic acids is 1. The van der Waals surface area contributed by atoms with Crippen LogP contribution in [0.3, 0.4) is 0 Å². The number of alkyl halides is 3. The van der Waals surface area contributed by atoms with Gasteiger partial charge in [0.1, 0.15) is 12.1 Å². The maximum absolute atomic E-state index is 10.6. The van der Waals surface area contributed by atoms with Gasteiger partial charge in [-0.3, -0.25) is 0 Å². The van der Waals surface area contributed by atoms with E-state index in [2.05, 4.69) is 27.1 Å². The quantitative estimate of drug-likeness (QED) is 0.860. The van der Waals surface area contributed by atoms with E-state index in [-0.39, 0.29) is 0 Å². The molecule has 0 unspecified atom stereocenters. The Morgan fingerprint density at radius 2 is 2.17 bits per heavy atom. The van der Waals surface area contributed by atoms with Crippen molar-refractivity contribution in [3.63, 3.8) is 0 Å². The number of nitrogens with zero attached hydrogens (tertiary/aromatic N) is 3. The second-order valence-electron chi connectivity index (χ2n) is 4.73. The zero-order valence-corrected chi connectivity index (χ0v) is 12.8. The number of nitrogens with one attached hydrogen (secondary N) is 1. The maximum atomic E-state index is 10.6. The minimum absolute atomic E-state index is 0.551. The van der Waals surface area contributed by atoms with Crippen LogP contribution >= 0.6 is 0 Å². The maximum Gasteiger partial charge on any atom is 0.490 e. The summed E-state index contributed by atoms with van der Waals surface area (Å²) in [6.07, 6.45) is -2.39. The van der Waals surface area contributed by atoms with Gasteiger partial charge in [0, 0.05) is 31.7 Å². The molecule has 2 rings (SSSR count). The number of aromatic nitrogens is 2. The monoisotopic (exact) mass is 336 g/mol. The Balaban J connectivity index is 0.000000322. The number of hydrogen-bond acceptors (Lipinski definition) is 6. The molecule has 1 fully saturated rings. The third kappa shape index (κ3) is 6.27. The van der Waals surface area contributed by atoms with Crippen molar-refractivity contribution in [2.75, 3.05) is 31.6 Å². The number of piperazine rings is 1. The van der Waals surface area contributed by atoms with Gasteiger partial charge in [0.25, 0.3) is 0 Å². The first-order valence-corrected chi connectivity index (χ1v) is 6.92. The molecule has 0 spiro atoms. The summed E-state index contributed by atoms with van der Waals surface area (Å²) in [6.45, 7) is 5.18. The molecule has 1 aliphatic heterocycles. The molecule has 10 heteroatoms. The first-order valence-electron chi connectivity index (χ1n) is 6.92. The molecule has 130 valence electrons. The van der Waals surface area contributed by atoms with E-state index < -0.39 is 12.1 Å². The highest BCUT2D eigenvalue weighted by Crippen LogP contribution is 2.17. The Labute approximate surface area is 131 Å². The van der Waals surface area contributed by atoms with Crippen molar-refractivity contribution in [3.8, 4) is 5.88 Å². The third-order valence-electron chi connectivity index (χ3n) is 3.15. The van der Waals surface area contributed by atoms with Crippen LogP contribution in [-0.2, 0) is 4.79 Å². The summed E-state index contributed by atoms with van der Waals surface area (Å²) in [6, 6.07) is 2.44. The molecule has 1 aromatic rings. The minimum atomic E-state index is -5.08. The number of halogens is 3. The Kier molecular flexibility index (Phi) is 7.01. The molecule has 2 heterocycles. The molecule has 0 bridgehead atoms. The fourth-order valence-electron chi connectivity index (χ4n) is 1.92. The molecule has 0 aliphatic carbocycles. The number of carboxylic acid groups (broad SMARTS) is 1. The summed E-state index contributed by atoms with van der Waals surface area (Å²) < 4.78 is 36.8. The molecule has 0 radical (unpaired) electrons. The van der Waals surface area contributed by atoms with E-state index in [1.807, 2.05) is 6.07 Å². The molecule has 0 saturated carbocycles. The van der Waals surface area contributed by atoms with Crippen molar-refractivity contribution >= 4 is 11.8 Å². The lowest BCUT2D eigenvalue weighted by molar-refractivity contribution is -0.192. The van der Waals surface area contributed by atoms with Crippen LogP contribution in [-0.4, -0.2) is 60.0 Å². The Hall–Kier alpha value is -2.10. The van der Waals surface area contributed by atoms with Gasteiger partial charge in [0.2, 0.25) is 5.88 Å². The molecule has 0 aromatic carbocycles. The van der Waals surface area contributed by atoms with Gasteiger partial charge in [-0.05, 0) is 6.42 Å². The average Bonchev–Trinajstić information content (AvgIpc) is 2.54. The fraction of sp³-hybridized carbons (Fsp3) is 0.615. The molecule has 1 aromatic heterocycles. The van der Waals surface area contributed by atoms with Crippen LogP contribution in [0.1, 0.15) is 13.3 Å². The van der Waals surface area contributed by atoms with E-state index in [1.165, 1.54) is 0 Å². The Morgan fingerprint density at radius 3 is 2.70 bits per heavy atom. The first kappa shape index (κ1) is 18.9. The first-order chi connectivity index (χ1) is 10.8. The second-order valence-corrected chi connectivity index (χ2v) is 4.73. The lowest BCUT2D eigenvalue weighted by Crippen LogP contribution is -2.50. The molecule has 1 saturated heterocycles. The van der Waals surface area contributed by atoms with E-state index in [4.69, 9.17) is 14.6 Å². The summed E-state index contributed by atoms with van der Waals surface area (Å²) in [4.78, 5) is 19.5. The molecule has 23 heavy (non-hydrogen) atoms. The smallest absolute Gasteiger partial charge is 0.481 e. The SMILES string of the molecule is CC[C@H]1CN(c2cc(OC)ncn2)CCN1.O=C(O)C(F)(F)F. The van der Waals surface area contributed by atoms with Crippen LogP contribution in [0.25, 0.3) is 0 Å². The van der Waals surface area contributed by atoms with Crippen molar-refractivity contribution in [2.45, 2.75) is 25.6 Å². The number of hydrogen-bond donors (Lipinski definition) is 2. The van der Waals surface area contributed by atoms with Gasteiger partial charge in [0.05, 0.1) is 7.11 Å². The normalized spacial score (nSPS) is 18.0. The number of ether oxygens (including phenoxy) is 1. The highest BCUT2D eigenvalue weighted by Gasteiger charge is 2.38. The average molecular weight is 336 g/mol. The van der Waals surface area contributed by atoms with Gasteiger partial charge in [-0.25, -0.2) is 14.8 Å². The topological polar surface area (TPSA) is 87.6 Å². The standard InChI is InChI=1S/C11H18N4O.C2HF3O2/c1-3-9-7-15(5-4-12-9)10-6-11(16-2)14-8-13-10;3-2(4,5)1(6)7/h6,8-9,12H,3-5,7H2,1-2H3;(H,6,7)/t9-;/m0./s1. The molecular formula is C13H19F3N4O3. The predicted octanol–water partition coefficient (Wildman–Crippen LogP) is 1.31. The number of anilines is 1.